The van der Waals surface area contributed by atoms with Crippen LogP contribution in [0.5, 0.6) is 0 Å². The van der Waals surface area contributed by atoms with E-state index in [1.807, 2.05) is 26.0 Å². The van der Waals surface area contributed by atoms with E-state index in [0.717, 1.165) is 49.5 Å². The molecule has 0 spiro atoms. The Kier molecular flexibility index (Phi) is 6.11. The van der Waals surface area contributed by atoms with Crippen LogP contribution in [0.25, 0.3) is 11.5 Å². The second-order valence-electron chi connectivity index (χ2n) is 7.16. The van der Waals surface area contributed by atoms with Gasteiger partial charge in [0.2, 0.25) is 5.89 Å². The molecule has 1 aliphatic rings. The normalized spacial score (nSPS) is 15.7. The molecule has 1 aromatic carbocycles. The summed E-state index contributed by atoms with van der Waals surface area (Å²) < 4.78 is 11.2. The van der Waals surface area contributed by atoms with Crippen LogP contribution in [0.3, 0.4) is 0 Å². The number of aryl methyl sites for hydroxylation is 2. The summed E-state index contributed by atoms with van der Waals surface area (Å²) in [5.74, 6) is 1.89. The number of likely N-dealkylation sites (tertiary alicyclic amines) is 1. The highest BCUT2D eigenvalue weighted by Gasteiger charge is 2.28. The number of ether oxygens (including phenoxy) is 1. The number of rotatable bonds is 7. The van der Waals surface area contributed by atoms with Gasteiger partial charge in [0.05, 0.1) is 12.3 Å². The SMILES string of the molecule is C=C(OCC)C(=O)C1CCN(Cc2nc(-c3cccc(C)c3)oc2C)CC1. The van der Waals surface area contributed by atoms with Gasteiger partial charge in [-0.15, -0.1) is 0 Å². The topological polar surface area (TPSA) is 55.6 Å². The van der Waals surface area contributed by atoms with Gasteiger partial charge in [-0.25, -0.2) is 4.98 Å². The van der Waals surface area contributed by atoms with Gasteiger partial charge in [0.1, 0.15) is 5.76 Å². The Hall–Kier alpha value is -2.40. The predicted molar refractivity (Wildman–Crippen MR) is 105 cm³/mol. The van der Waals surface area contributed by atoms with Gasteiger partial charge in [0.25, 0.3) is 0 Å². The Morgan fingerprint density at radius 2 is 2.07 bits per heavy atom. The van der Waals surface area contributed by atoms with Gasteiger partial charge in [-0.3, -0.25) is 9.69 Å². The largest absolute Gasteiger partial charge is 0.491 e. The molecule has 0 aliphatic carbocycles. The Morgan fingerprint density at radius 3 is 2.74 bits per heavy atom. The minimum atomic E-state index is 0.0153. The number of nitrogens with zero attached hydrogens (tertiary/aromatic N) is 2. The molecular weight excluding hydrogens is 340 g/mol. The Labute approximate surface area is 161 Å². The summed E-state index contributed by atoms with van der Waals surface area (Å²) in [6.07, 6.45) is 1.65. The zero-order valence-corrected chi connectivity index (χ0v) is 16.5. The quantitative estimate of drug-likeness (QED) is 0.539. The van der Waals surface area contributed by atoms with Gasteiger partial charge >= 0.3 is 0 Å². The number of aromatic nitrogens is 1. The maximum Gasteiger partial charge on any atom is 0.226 e. The maximum absolute atomic E-state index is 12.3. The number of hydrogen-bond acceptors (Lipinski definition) is 5. The second kappa shape index (κ2) is 8.53. The predicted octanol–water partition coefficient (Wildman–Crippen LogP) is 4.29. The number of benzene rings is 1. The summed E-state index contributed by atoms with van der Waals surface area (Å²) >= 11 is 0. The first-order valence-corrected chi connectivity index (χ1v) is 9.59. The summed E-state index contributed by atoms with van der Waals surface area (Å²) in [6.45, 7) is 12.6. The average molecular weight is 368 g/mol. The summed E-state index contributed by atoms with van der Waals surface area (Å²) in [7, 11) is 0. The molecule has 3 rings (SSSR count). The van der Waals surface area contributed by atoms with Crippen LogP contribution >= 0.6 is 0 Å². The number of carbonyl (C=O) groups is 1. The van der Waals surface area contributed by atoms with Crippen LogP contribution in [0, 0.1) is 19.8 Å². The Morgan fingerprint density at radius 1 is 1.33 bits per heavy atom. The first-order chi connectivity index (χ1) is 13.0. The summed E-state index contributed by atoms with van der Waals surface area (Å²) in [6, 6.07) is 8.18. The molecule has 1 aromatic heterocycles. The van der Waals surface area contributed by atoms with E-state index in [1.54, 1.807) is 0 Å². The van der Waals surface area contributed by atoms with Crippen molar-refractivity contribution in [2.24, 2.45) is 5.92 Å². The Balaban J connectivity index is 1.59. The molecule has 0 atom stereocenters. The smallest absolute Gasteiger partial charge is 0.226 e. The zero-order valence-electron chi connectivity index (χ0n) is 16.5. The molecule has 27 heavy (non-hydrogen) atoms. The molecular formula is C22H28N2O3. The van der Waals surface area contributed by atoms with Crippen LogP contribution in [-0.2, 0) is 16.1 Å². The van der Waals surface area contributed by atoms with E-state index in [1.165, 1.54) is 5.56 Å². The number of Topliss-reactive ketones (excluding diaryl/α,β-unsaturated/α-hetero) is 1. The van der Waals surface area contributed by atoms with Gasteiger partial charge in [-0.05, 0) is 58.8 Å². The van der Waals surface area contributed by atoms with Gasteiger partial charge < -0.3 is 9.15 Å². The molecule has 0 radical (unpaired) electrons. The monoisotopic (exact) mass is 368 g/mol. The van der Waals surface area contributed by atoms with Gasteiger partial charge in [-0.1, -0.05) is 24.3 Å². The third-order valence-corrected chi connectivity index (χ3v) is 5.08. The zero-order chi connectivity index (χ0) is 19.4. The molecule has 5 nitrogen and oxygen atoms in total. The third kappa shape index (κ3) is 4.66. The van der Waals surface area contributed by atoms with E-state index in [0.29, 0.717) is 18.3 Å². The highest BCUT2D eigenvalue weighted by atomic mass is 16.5. The fourth-order valence-corrected chi connectivity index (χ4v) is 3.51. The van der Waals surface area contributed by atoms with Crippen LogP contribution in [0.15, 0.2) is 41.0 Å². The fraction of sp³-hybridized carbons (Fsp3) is 0.455. The van der Waals surface area contributed by atoms with E-state index in [2.05, 4.69) is 30.5 Å². The van der Waals surface area contributed by atoms with Crippen LogP contribution in [0.4, 0.5) is 0 Å². The number of carbonyl (C=O) groups excluding carboxylic acids is 1. The van der Waals surface area contributed by atoms with E-state index < -0.39 is 0 Å². The van der Waals surface area contributed by atoms with E-state index in [-0.39, 0.29) is 11.7 Å². The number of oxazole rings is 1. The van der Waals surface area contributed by atoms with Crippen molar-refractivity contribution in [3.8, 4) is 11.5 Å². The van der Waals surface area contributed by atoms with Gasteiger partial charge in [0, 0.05) is 18.0 Å². The second-order valence-corrected chi connectivity index (χ2v) is 7.16. The van der Waals surface area contributed by atoms with Crippen molar-refractivity contribution in [1.82, 2.24) is 9.88 Å². The number of allylic oxidation sites excluding steroid dienone is 1. The first-order valence-electron chi connectivity index (χ1n) is 9.59. The van der Waals surface area contributed by atoms with Crippen LogP contribution in [0.2, 0.25) is 0 Å². The molecule has 2 heterocycles. The lowest BCUT2D eigenvalue weighted by atomic mass is 9.91. The molecule has 144 valence electrons. The van der Waals surface area contributed by atoms with E-state index in [4.69, 9.17) is 14.1 Å². The summed E-state index contributed by atoms with van der Waals surface area (Å²) in [5, 5.41) is 0. The highest BCUT2D eigenvalue weighted by molar-refractivity contribution is 5.94. The van der Waals surface area contributed by atoms with Crippen LogP contribution < -0.4 is 0 Å². The highest BCUT2D eigenvalue weighted by Crippen LogP contribution is 2.26. The van der Waals surface area contributed by atoms with Crippen molar-refractivity contribution in [1.29, 1.82) is 0 Å². The van der Waals surface area contributed by atoms with Gasteiger partial charge in [0.15, 0.2) is 11.5 Å². The molecule has 0 bridgehead atoms. The first kappa shape index (κ1) is 19.4. The maximum atomic E-state index is 12.3. The Bertz CT molecular complexity index is 817. The van der Waals surface area contributed by atoms with Crippen molar-refractivity contribution in [3.05, 3.63) is 53.6 Å². The summed E-state index contributed by atoms with van der Waals surface area (Å²) in [5.41, 5.74) is 3.16. The van der Waals surface area contributed by atoms with Crippen LogP contribution in [-0.4, -0.2) is 35.4 Å². The number of hydrogen-bond donors (Lipinski definition) is 0. The van der Waals surface area contributed by atoms with Crippen molar-refractivity contribution < 1.29 is 13.9 Å². The molecule has 5 heteroatoms. The standard InChI is InChI=1S/C22H28N2O3/c1-5-26-17(4)21(25)18-9-11-24(12-10-18)14-20-16(3)27-22(23-20)19-8-6-7-15(2)13-19/h6-8,13,18H,4-5,9-12,14H2,1-3H3. The van der Waals surface area contributed by atoms with Crippen molar-refractivity contribution in [3.63, 3.8) is 0 Å². The van der Waals surface area contributed by atoms with E-state index in [9.17, 15) is 4.79 Å². The molecule has 0 saturated carbocycles. The number of ketones is 1. The van der Waals surface area contributed by atoms with Crippen molar-refractivity contribution in [2.75, 3.05) is 19.7 Å². The van der Waals surface area contributed by atoms with Crippen molar-refractivity contribution >= 4 is 5.78 Å². The van der Waals surface area contributed by atoms with Gasteiger partial charge in [-0.2, -0.15) is 0 Å². The fourth-order valence-electron chi connectivity index (χ4n) is 3.51. The van der Waals surface area contributed by atoms with Crippen molar-refractivity contribution in [2.45, 2.75) is 40.2 Å². The minimum absolute atomic E-state index is 0.0153. The molecule has 0 N–H and O–H groups in total. The molecule has 0 unspecified atom stereocenters. The minimum Gasteiger partial charge on any atom is -0.491 e. The molecule has 1 fully saturated rings. The summed E-state index contributed by atoms with van der Waals surface area (Å²) in [4.78, 5) is 19.4. The molecule has 1 aliphatic heterocycles. The third-order valence-electron chi connectivity index (χ3n) is 5.08. The average Bonchev–Trinajstić information content (AvgIpc) is 3.02. The van der Waals surface area contributed by atoms with Crippen LogP contribution in [0.1, 0.15) is 36.8 Å². The van der Waals surface area contributed by atoms with E-state index >= 15 is 0 Å². The molecule has 1 saturated heterocycles. The molecule has 2 aromatic rings. The molecule has 0 amide bonds. The lowest BCUT2D eigenvalue weighted by molar-refractivity contribution is -0.124. The lowest BCUT2D eigenvalue weighted by Gasteiger charge is -2.30. The number of piperidine rings is 1. The lowest BCUT2D eigenvalue weighted by Crippen LogP contribution is -2.36.